The van der Waals surface area contributed by atoms with Gasteiger partial charge in [-0.05, 0) is 60.6 Å². The summed E-state index contributed by atoms with van der Waals surface area (Å²) < 4.78 is 0.910. The van der Waals surface area contributed by atoms with Gasteiger partial charge in [0.2, 0.25) is 17.7 Å². The van der Waals surface area contributed by atoms with E-state index in [4.69, 9.17) is 17.2 Å². The largest absolute Gasteiger partial charge is 0.370 e. The van der Waals surface area contributed by atoms with Crippen molar-refractivity contribution in [2.75, 3.05) is 11.9 Å². The molecule has 0 unspecified atom stereocenters. The van der Waals surface area contributed by atoms with Crippen LogP contribution in [0.1, 0.15) is 63.0 Å². The average molecular weight is 764 g/mol. The number of rotatable bonds is 15. The van der Waals surface area contributed by atoms with Gasteiger partial charge in [-0.1, -0.05) is 97.3 Å². The van der Waals surface area contributed by atoms with Gasteiger partial charge in [0.25, 0.3) is 5.91 Å². The third-order valence-corrected chi connectivity index (χ3v) is 9.45. The van der Waals surface area contributed by atoms with Gasteiger partial charge >= 0.3 is 6.03 Å². The predicted octanol–water partition coefficient (Wildman–Crippen LogP) is 2.83. The van der Waals surface area contributed by atoms with Gasteiger partial charge in [0.15, 0.2) is 11.8 Å². The Morgan fingerprint density at radius 2 is 1.61 bits per heavy atom. The van der Waals surface area contributed by atoms with E-state index in [-0.39, 0.29) is 31.2 Å². The van der Waals surface area contributed by atoms with Crippen LogP contribution in [0.25, 0.3) is 16.8 Å². The summed E-state index contributed by atoms with van der Waals surface area (Å²) in [6, 6.07) is 18.2. The molecule has 1 aliphatic carbocycles. The lowest BCUT2D eigenvalue weighted by Gasteiger charge is -2.35. The maximum atomic E-state index is 14.7. The fourth-order valence-electron chi connectivity index (χ4n) is 6.59. The van der Waals surface area contributed by atoms with E-state index < -0.39 is 53.8 Å². The molecule has 0 spiro atoms. The molecule has 0 saturated heterocycles. The molecule has 1 heterocycles. The minimum absolute atomic E-state index is 0.00421. The number of aliphatic imine (C=N–C) groups is 1. The highest BCUT2D eigenvalue weighted by Crippen LogP contribution is 2.25. The highest BCUT2D eigenvalue weighted by Gasteiger charge is 2.38. The molecular formula is C40H49N11O5. The van der Waals surface area contributed by atoms with Crippen LogP contribution in [0.5, 0.6) is 0 Å². The van der Waals surface area contributed by atoms with Crippen molar-refractivity contribution in [1.29, 1.82) is 0 Å². The second-order valence-electron chi connectivity index (χ2n) is 13.8. The van der Waals surface area contributed by atoms with Crippen LogP contribution in [0.3, 0.4) is 0 Å². The van der Waals surface area contributed by atoms with E-state index in [9.17, 15) is 24.0 Å². The molecule has 0 aliphatic heterocycles. The van der Waals surface area contributed by atoms with Crippen LogP contribution in [0.4, 0.5) is 10.6 Å². The summed E-state index contributed by atoms with van der Waals surface area (Å²) in [5.74, 6) is -2.46. The number of hydrogen-bond acceptors (Lipinski definition) is 9. The number of imide groups is 1. The summed E-state index contributed by atoms with van der Waals surface area (Å²) in [6.07, 6.45) is 8.46. The molecule has 0 bridgehead atoms. The van der Waals surface area contributed by atoms with Crippen LogP contribution in [0, 0.1) is 0 Å². The van der Waals surface area contributed by atoms with Crippen molar-refractivity contribution < 1.29 is 24.0 Å². The van der Waals surface area contributed by atoms with Gasteiger partial charge in [0, 0.05) is 25.1 Å². The number of nitrogens with two attached hydrogens (primary N) is 3. The Balaban J connectivity index is 1.38. The molecule has 1 fully saturated rings. The molecule has 16 nitrogen and oxygen atoms in total. The molecule has 9 N–H and O–H groups in total. The zero-order valence-electron chi connectivity index (χ0n) is 31.3. The second kappa shape index (κ2) is 19.8. The highest BCUT2D eigenvalue weighted by molar-refractivity contribution is 6.04. The lowest BCUT2D eigenvalue weighted by molar-refractivity contribution is -0.137. The zero-order chi connectivity index (χ0) is 40.0. The van der Waals surface area contributed by atoms with E-state index in [1.165, 1.54) is 19.2 Å². The van der Waals surface area contributed by atoms with Gasteiger partial charge in [0.1, 0.15) is 12.1 Å². The van der Waals surface area contributed by atoms with Crippen LogP contribution in [-0.2, 0) is 25.6 Å². The van der Waals surface area contributed by atoms with Gasteiger partial charge in [-0.25, -0.2) is 4.79 Å². The Bertz CT molecular complexity index is 2050. The Kier molecular flexibility index (Phi) is 14.4. The molecule has 0 radical (unpaired) electrons. The first-order valence-electron chi connectivity index (χ1n) is 18.7. The summed E-state index contributed by atoms with van der Waals surface area (Å²) in [4.78, 5) is 73.5. The van der Waals surface area contributed by atoms with Crippen molar-refractivity contribution in [2.24, 2.45) is 22.2 Å². The van der Waals surface area contributed by atoms with Crippen molar-refractivity contribution in [2.45, 2.75) is 82.5 Å². The Hall–Kier alpha value is -6.42. The van der Waals surface area contributed by atoms with E-state index in [0.29, 0.717) is 19.3 Å². The van der Waals surface area contributed by atoms with Crippen molar-refractivity contribution in [3.63, 3.8) is 0 Å². The molecule has 1 aliphatic rings. The maximum absolute atomic E-state index is 14.7. The number of aromatic nitrogens is 3. The number of carbonyl (C=O) groups is 5. The minimum Gasteiger partial charge on any atom is -0.370 e. The summed E-state index contributed by atoms with van der Waals surface area (Å²) in [6.45, 7) is 1.69. The predicted molar refractivity (Wildman–Crippen MR) is 214 cm³/mol. The van der Waals surface area contributed by atoms with E-state index in [0.717, 1.165) is 50.7 Å². The summed E-state index contributed by atoms with van der Waals surface area (Å²) >= 11 is 0. The van der Waals surface area contributed by atoms with Crippen LogP contribution < -0.4 is 33.2 Å². The molecule has 3 aromatic carbocycles. The number of anilines is 1. The van der Waals surface area contributed by atoms with E-state index in [1.807, 2.05) is 60.7 Å². The minimum atomic E-state index is -1.22. The molecule has 5 amide bonds. The smallest absolute Gasteiger partial charge is 0.353 e. The van der Waals surface area contributed by atoms with Gasteiger partial charge < -0.3 is 33.2 Å². The number of benzene rings is 3. The fraction of sp³-hybridized carbons (Fsp3) is 0.350. The molecule has 4 aromatic rings. The van der Waals surface area contributed by atoms with Crippen LogP contribution >= 0.6 is 0 Å². The van der Waals surface area contributed by atoms with Crippen LogP contribution in [-0.4, -0.2) is 86.2 Å². The molecule has 1 aromatic heterocycles. The topological polar surface area (TPSA) is 246 Å². The molecular weight excluding hydrogens is 715 g/mol. The monoisotopic (exact) mass is 763 g/mol. The first-order valence-corrected chi connectivity index (χ1v) is 18.7. The standard InChI is InChI=1S/C40H49N11O5/c1-26(41)36(53)45-32(20-11-23-44-39(42)43)37(54)46-33(24-27-12-4-2-5-13-27)38(55)51(30-17-6-3-7-18-30)40(56)50-25-34(48-49-50)47-35(52)22-21-29-16-10-15-28-14-8-9-19-31(28)29/h2,4-5,8-10,12-16,19,21-22,25-26,30,32-33H,3,6-7,11,17-18,20,23-24,41H2,1H3,(H,45,53)(H,46,54)(H,47,52)(H4,42,43,44)/t26-,32-,33-/m0/s1. The molecule has 5 rings (SSSR count). The number of amides is 5. The molecule has 56 heavy (non-hydrogen) atoms. The molecule has 1 saturated carbocycles. The SMILES string of the molecule is C[C@H](N)C(=O)N[C@@H](CCCN=C(N)N)C(=O)N[C@@H](Cc1ccccc1)C(=O)N(C(=O)n1cc(NC(=O)C=Cc2cccc3ccccc23)nn1)C1CCCCC1. The van der Waals surface area contributed by atoms with Crippen LogP contribution in [0.15, 0.2) is 90.1 Å². The number of nitrogens with zero attached hydrogens (tertiary/aromatic N) is 5. The van der Waals surface area contributed by atoms with E-state index >= 15 is 0 Å². The fourth-order valence-corrected chi connectivity index (χ4v) is 6.59. The maximum Gasteiger partial charge on any atom is 0.353 e. The van der Waals surface area contributed by atoms with Gasteiger partial charge in [-0.3, -0.25) is 29.1 Å². The van der Waals surface area contributed by atoms with E-state index in [2.05, 4.69) is 31.3 Å². The summed E-state index contributed by atoms with van der Waals surface area (Å²) in [7, 11) is 0. The lowest BCUT2D eigenvalue weighted by Crippen LogP contribution is -2.59. The third kappa shape index (κ3) is 11.3. The Labute approximate surface area is 324 Å². The number of guanidine groups is 1. The summed E-state index contributed by atoms with van der Waals surface area (Å²) in [5.41, 5.74) is 18.3. The number of carbonyl (C=O) groups excluding carboxylic acids is 5. The van der Waals surface area contributed by atoms with Crippen molar-refractivity contribution in [1.82, 2.24) is 30.5 Å². The first-order chi connectivity index (χ1) is 27.0. The van der Waals surface area contributed by atoms with Gasteiger partial charge in [0.05, 0.1) is 12.2 Å². The van der Waals surface area contributed by atoms with Gasteiger partial charge in [-0.15, -0.1) is 5.10 Å². The summed E-state index contributed by atoms with van der Waals surface area (Å²) in [5, 5.41) is 18.1. The lowest BCUT2D eigenvalue weighted by atomic mass is 9.93. The second-order valence-corrected chi connectivity index (χ2v) is 13.8. The zero-order valence-corrected chi connectivity index (χ0v) is 31.3. The van der Waals surface area contributed by atoms with Crippen molar-refractivity contribution in [3.8, 4) is 0 Å². The van der Waals surface area contributed by atoms with Crippen LogP contribution in [0.2, 0.25) is 0 Å². The average Bonchev–Trinajstić information content (AvgIpc) is 3.66. The van der Waals surface area contributed by atoms with Gasteiger partial charge in [-0.2, -0.15) is 4.68 Å². The molecule has 294 valence electrons. The van der Waals surface area contributed by atoms with Crippen molar-refractivity contribution >= 4 is 58.3 Å². The Morgan fingerprint density at radius 1 is 0.911 bits per heavy atom. The Morgan fingerprint density at radius 3 is 2.34 bits per heavy atom. The third-order valence-electron chi connectivity index (χ3n) is 9.45. The first kappa shape index (κ1) is 40.8. The van der Waals surface area contributed by atoms with E-state index in [1.54, 1.807) is 18.2 Å². The number of hydrogen-bond donors (Lipinski definition) is 6. The quantitative estimate of drug-likeness (QED) is 0.0447. The number of nitrogens with one attached hydrogen (secondary N) is 3. The highest BCUT2D eigenvalue weighted by atomic mass is 16.2. The molecule has 3 atom stereocenters. The number of fused-ring (bicyclic) bond motifs is 1. The normalized spacial score (nSPS) is 14.7. The van der Waals surface area contributed by atoms with Crippen molar-refractivity contribution in [3.05, 3.63) is 96.2 Å². The molecule has 16 heteroatoms.